The average molecular weight is 491 g/mol. The minimum Gasteiger partial charge on any atom is -0.461 e. The standard InChI is InChI=1S/C26H22N2O6S/c1-3-33-26(30)25-23(17-24(29)28(27-25)21-13-9-18(2)10-14-21)34-35(31,32)22-15-11-20(12-16-22)19-7-5-4-6-8-19/h4-17H,3H2,1-2H3. The van der Waals surface area contributed by atoms with Gasteiger partial charge in [0.25, 0.3) is 5.56 Å². The van der Waals surface area contributed by atoms with Gasteiger partial charge in [0.1, 0.15) is 4.90 Å². The molecule has 0 aliphatic carbocycles. The molecule has 0 spiro atoms. The Morgan fingerprint density at radius 3 is 2.17 bits per heavy atom. The largest absolute Gasteiger partial charge is 0.461 e. The van der Waals surface area contributed by atoms with Crippen LogP contribution in [0.3, 0.4) is 0 Å². The highest BCUT2D eigenvalue weighted by molar-refractivity contribution is 7.87. The maximum Gasteiger partial charge on any atom is 0.362 e. The van der Waals surface area contributed by atoms with Gasteiger partial charge in [0.15, 0.2) is 5.75 Å². The summed E-state index contributed by atoms with van der Waals surface area (Å²) in [4.78, 5) is 25.2. The summed E-state index contributed by atoms with van der Waals surface area (Å²) >= 11 is 0. The first-order valence-electron chi connectivity index (χ1n) is 10.8. The fourth-order valence-corrected chi connectivity index (χ4v) is 4.26. The molecule has 4 rings (SSSR count). The second-order valence-corrected chi connectivity index (χ2v) is 9.14. The lowest BCUT2D eigenvalue weighted by molar-refractivity contribution is 0.0515. The molecule has 1 heterocycles. The molecule has 0 aliphatic heterocycles. The number of benzene rings is 3. The number of nitrogens with zero attached hydrogens (tertiary/aromatic N) is 2. The topological polar surface area (TPSA) is 105 Å². The predicted molar refractivity (Wildman–Crippen MR) is 130 cm³/mol. The van der Waals surface area contributed by atoms with Gasteiger partial charge < -0.3 is 8.92 Å². The second kappa shape index (κ2) is 9.94. The predicted octanol–water partition coefficient (Wildman–Crippen LogP) is 4.15. The van der Waals surface area contributed by atoms with E-state index in [4.69, 9.17) is 8.92 Å². The van der Waals surface area contributed by atoms with Gasteiger partial charge in [-0.25, -0.2) is 4.79 Å². The van der Waals surface area contributed by atoms with Crippen LogP contribution in [0.2, 0.25) is 0 Å². The molecule has 8 nitrogen and oxygen atoms in total. The summed E-state index contributed by atoms with van der Waals surface area (Å²) in [6.45, 7) is 3.51. The van der Waals surface area contributed by atoms with Crippen LogP contribution in [0.5, 0.6) is 5.75 Å². The van der Waals surface area contributed by atoms with Gasteiger partial charge in [0.2, 0.25) is 5.69 Å². The van der Waals surface area contributed by atoms with Crippen molar-refractivity contribution in [1.29, 1.82) is 0 Å². The van der Waals surface area contributed by atoms with Gasteiger partial charge in [-0.2, -0.15) is 18.2 Å². The highest BCUT2D eigenvalue weighted by atomic mass is 32.2. The summed E-state index contributed by atoms with van der Waals surface area (Å²) in [7, 11) is -4.38. The fourth-order valence-electron chi connectivity index (χ4n) is 3.33. The first kappa shape index (κ1) is 23.9. The Labute approximate surface area is 202 Å². The Kier molecular flexibility index (Phi) is 6.79. The number of ether oxygens (including phenoxy) is 1. The highest BCUT2D eigenvalue weighted by Crippen LogP contribution is 2.25. The Morgan fingerprint density at radius 1 is 0.914 bits per heavy atom. The first-order valence-corrected chi connectivity index (χ1v) is 12.2. The van der Waals surface area contributed by atoms with Gasteiger partial charge >= 0.3 is 16.1 Å². The maximum absolute atomic E-state index is 13.0. The SMILES string of the molecule is CCOC(=O)c1nn(-c2ccc(C)cc2)c(=O)cc1OS(=O)(=O)c1ccc(-c2ccccc2)cc1. The van der Waals surface area contributed by atoms with Crippen molar-refractivity contribution in [2.24, 2.45) is 0 Å². The minimum absolute atomic E-state index is 0.0251. The molecular weight excluding hydrogens is 468 g/mol. The van der Waals surface area contributed by atoms with Gasteiger partial charge in [-0.05, 0) is 49.2 Å². The monoisotopic (exact) mass is 490 g/mol. The van der Waals surface area contributed by atoms with Gasteiger partial charge in [-0.15, -0.1) is 0 Å². The van der Waals surface area contributed by atoms with Crippen LogP contribution in [-0.4, -0.2) is 30.8 Å². The number of esters is 1. The third kappa shape index (κ3) is 5.30. The molecule has 0 saturated heterocycles. The summed E-state index contributed by atoms with van der Waals surface area (Å²) in [5, 5.41) is 4.06. The molecule has 4 aromatic rings. The third-order valence-electron chi connectivity index (χ3n) is 5.09. The number of aromatic nitrogens is 2. The molecule has 0 aliphatic rings. The molecule has 1 aromatic heterocycles. The van der Waals surface area contributed by atoms with E-state index in [1.165, 1.54) is 12.1 Å². The van der Waals surface area contributed by atoms with Crippen LogP contribution >= 0.6 is 0 Å². The number of hydrogen-bond donors (Lipinski definition) is 0. The van der Waals surface area contributed by atoms with Crippen molar-refractivity contribution in [1.82, 2.24) is 9.78 Å². The molecule has 0 N–H and O–H groups in total. The van der Waals surface area contributed by atoms with E-state index in [-0.39, 0.29) is 11.5 Å². The van der Waals surface area contributed by atoms with E-state index in [9.17, 15) is 18.0 Å². The summed E-state index contributed by atoms with van der Waals surface area (Å²) in [6.07, 6.45) is 0. The minimum atomic E-state index is -4.38. The van der Waals surface area contributed by atoms with E-state index in [2.05, 4.69) is 5.10 Å². The van der Waals surface area contributed by atoms with E-state index >= 15 is 0 Å². The number of hydrogen-bond acceptors (Lipinski definition) is 7. The summed E-state index contributed by atoms with van der Waals surface area (Å²) in [6, 6.07) is 23.3. The van der Waals surface area contributed by atoms with Crippen molar-refractivity contribution in [2.75, 3.05) is 6.61 Å². The van der Waals surface area contributed by atoms with E-state index in [1.807, 2.05) is 37.3 Å². The second-order valence-electron chi connectivity index (χ2n) is 7.59. The van der Waals surface area contributed by atoms with E-state index in [0.717, 1.165) is 27.4 Å². The number of aryl methyl sites for hydroxylation is 1. The number of carbonyl (C=O) groups excluding carboxylic acids is 1. The maximum atomic E-state index is 13.0. The average Bonchev–Trinajstić information content (AvgIpc) is 2.85. The smallest absolute Gasteiger partial charge is 0.362 e. The van der Waals surface area contributed by atoms with Crippen molar-refractivity contribution < 1.29 is 22.1 Å². The molecule has 9 heteroatoms. The highest BCUT2D eigenvalue weighted by Gasteiger charge is 2.25. The molecule has 0 amide bonds. The summed E-state index contributed by atoms with van der Waals surface area (Å²) in [5.74, 6) is -1.43. The molecule has 0 fully saturated rings. The van der Waals surface area contributed by atoms with Crippen LogP contribution in [-0.2, 0) is 14.9 Å². The molecule has 178 valence electrons. The van der Waals surface area contributed by atoms with Gasteiger partial charge in [0.05, 0.1) is 18.4 Å². The molecular formula is C26H22N2O6S. The molecule has 0 bridgehead atoms. The van der Waals surface area contributed by atoms with Crippen LogP contribution in [0.4, 0.5) is 0 Å². The van der Waals surface area contributed by atoms with E-state index < -0.39 is 33.1 Å². The lowest BCUT2D eigenvalue weighted by Gasteiger charge is -2.13. The summed E-state index contributed by atoms with van der Waals surface area (Å²) in [5.41, 5.74) is 2.00. The molecule has 3 aromatic carbocycles. The zero-order chi connectivity index (χ0) is 25.0. The zero-order valence-corrected chi connectivity index (χ0v) is 19.9. The quantitative estimate of drug-likeness (QED) is 0.283. The summed E-state index contributed by atoms with van der Waals surface area (Å²) < 4.78 is 37.2. The number of rotatable bonds is 7. The van der Waals surface area contributed by atoms with Crippen molar-refractivity contribution in [3.63, 3.8) is 0 Å². The molecule has 35 heavy (non-hydrogen) atoms. The van der Waals surface area contributed by atoms with Crippen molar-refractivity contribution in [2.45, 2.75) is 18.7 Å². The van der Waals surface area contributed by atoms with Crippen LogP contribution in [0.1, 0.15) is 23.0 Å². The third-order valence-corrected chi connectivity index (χ3v) is 6.34. The van der Waals surface area contributed by atoms with Gasteiger partial charge in [-0.1, -0.05) is 60.2 Å². The lowest BCUT2D eigenvalue weighted by Crippen LogP contribution is -2.26. The molecule has 0 radical (unpaired) electrons. The van der Waals surface area contributed by atoms with Crippen LogP contribution in [0.15, 0.2) is 94.6 Å². The first-order chi connectivity index (χ1) is 16.8. The molecule has 0 atom stereocenters. The lowest BCUT2D eigenvalue weighted by atomic mass is 10.1. The van der Waals surface area contributed by atoms with Crippen LogP contribution in [0, 0.1) is 6.92 Å². The van der Waals surface area contributed by atoms with Gasteiger partial charge in [0, 0.05) is 0 Å². The normalized spacial score (nSPS) is 11.1. The Morgan fingerprint density at radius 2 is 1.54 bits per heavy atom. The van der Waals surface area contributed by atoms with Crippen molar-refractivity contribution in [3.05, 3.63) is 107 Å². The molecule has 0 saturated carbocycles. The fraction of sp³-hybridized carbons (Fsp3) is 0.115. The van der Waals surface area contributed by atoms with Crippen LogP contribution < -0.4 is 9.74 Å². The molecule has 0 unspecified atom stereocenters. The zero-order valence-electron chi connectivity index (χ0n) is 19.0. The Balaban J connectivity index is 1.71. The van der Waals surface area contributed by atoms with E-state index in [1.54, 1.807) is 43.3 Å². The number of carbonyl (C=O) groups is 1. The van der Waals surface area contributed by atoms with Crippen molar-refractivity contribution in [3.8, 4) is 22.6 Å². The Bertz CT molecular complexity index is 1510. The van der Waals surface area contributed by atoms with Gasteiger partial charge in [-0.3, -0.25) is 4.79 Å². The Hall–Kier alpha value is -4.24. The van der Waals surface area contributed by atoms with Crippen molar-refractivity contribution >= 4 is 16.1 Å². The van der Waals surface area contributed by atoms with Crippen LogP contribution in [0.25, 0.3) is 16.8 Å². The van der Waals surface area contributed by atoms with E-state index in [0.29, 0.717) is 5.69 Å².